The van der Waals surface area contributed by atoms with E-state index in [1.54, 1.807) is 12.0 Å². The summed E-state index contributed by atoms with van der Waals surface area (Å²) in [5, 5.41) is 0. The lowest BCUT2D eigenvalue weighted by Crippen LogP contribution is -2.36. The second-order valence-corrected chi connectivity index (χ2v) is 6.81. The van der Waals surface area contributed by atoms with E-state index >= 15 is 0 Å². The summed E-state index contributed by atoms with van der Waals surface area (Å²) in [4.78, 5) is 16.7. The van der Waals surface area contributed by atoms with Crippen LogP contribution in [0.1, 0.15) is 11.1 Å². The van der Waals surface area contributed by atoms with E-state index in [9.17, 15) is 4.79 Å². The molecule has 128 valence electrons. The van der Waals surface area contributed by atoms with E-state index in [2.05, 4.69) is 0 Å². The maximum absolute atomic E-state index is 13.2. The summed E-state index contributed by atoms with van der Waals surface area (Å²) < 4.78 is 5.25. The first kappa shape index (κ1) is 16.4. The van der Waals surface area contributed by atoms with Crippen molar-refractivity contribution in [3.8, 4) is 5.75 Å². The Bertz CT molecular complexity index is 1010. The standard InChI is InChI=1S/C22H17NO2S/c1-25-19-14-12-17(13-15-19)22-23(18-10-6-3-7-11-18)21(24)20(26-22)16-8-4-2-5-9-16/h2-15H,1H3. The predicted molar refractivity (Wildman–Crippen MR) is 109 cm³/mol. The first-order valence-electron chi connectivity index (χ1n) is 8.29. The van der Waals surface area contributed by atoms with Crippen LogP contribution < -0.4 is 9.64 Å². The molecule has 1 aliphatic heterocycles. The van der Waals surface area contributed by atoms with Crippen molar-refractivity contribution in [2.24, 2.45) is 0 Å². The number of amides is 1. The van der Waals surface area contributed by atoms with Crippen molar-refractivity contribution >= 4 is 32.4 Å². The van der Waals surface area contributed by atoms with Gasteiger partial charge in [0.2, 0.25) is 0 Å². The van der Waals surface area contributed by atoms with E-state index in [1.165, 1.54) is 10.9 Å². The Balaban J connectivity index is 1.86. The van der Waals surface area contributed by atoms with Crippen LogP contribution in [0.3, 0.4) is 0 Å². The van der Waals surface area contributed by atoms with Gasteiger partial charge in [-0.15, -0.1) is 10.9 Å². The first-order valence-corrected chi connectivity index (χ1v) is 9.10. The van der Waals surface area contributed by atoms with Crippen LogP contribution in [-0.4, -0.2) is 22.9 Å². The van der Waals surface area contributed by atoms with Gasteiger partial charge in [-0.1, -0.05) is 48.5 Å². The number of methoxy groups -OCH3 is 1. The second-order valence-electron chi connectivity index (χ2n) is 5.81. The van der Waals surface area contributed by atoms with Crippen LogP contribution in [-0.2, 0) is 4.79 Å². The van der Waals surface area contributed by atoms with Crippen LogP contribution in [0.25, 0.3) is 0 Å². The van der Waals surface area contributed by atoms with E-state index in [0.29, 0.717) is 0 Å². The zero-order valence-corrected chi connectivity index (χ0v) is 15.1. The number of hydrogen-bond acceptors (Lipinski definition) is 2. The third-order valence-corrected chi connectivity index (χ3v) is 5.41. The smallest absolute Gasteiger partial charge is 0.274 e. The van der Waals surface area contributed by atoms with Crippen molar-refractivity contribution in [3.05, 3.63) is 96.1 Å². The highest BCUT2D eigenvalue weighted by molar-refractivity contribution is 8.01. The highest BCUT2D eigenvalue weighted by Crippen LogP contribution is 2.26. The van der Waals surface area contributed by atoms with Gasteiger partial charge >= 0.3 is 0 Å². The van der Waals surface area contributed by atoms with Crippen molar-refractivity contribution in [2.75, 3.05) is 12.0 Å². The molecule has 0 bridgehead atoms. The molecular weight excluding hydrogens is 342 g/mol. The fourth-order valence-corrected chi connectivity index (χ4v) is 4.04. The van der Waals surface area contributed by atoms with Gasteiger partial charge in [0, 0.05) is 5.56 Å². The molecule has 3 aromatic rings. The van der Waals surface area contributed by atoms with Gasteiger partial charge in [-0.05, 0) is 42.0 Å². The lowest BCUT2D eigenvalue weighted by molar-refractivity contribution is -0.111. The van der Waals surface area contributed by atoms with E-state index in [0.717, 1.165) is 32.4 Å². The van der Waals surface area contributed by atoms with E-state index in [4.69, 9.17) is 4.74 Å². The van der Waals surface area contributed by atoms with Crippen LogP contribution in [0.4, 0.5) is 5.69 Å². The molecule has 1 amide bonds. The van der Waals surface area contributed by atoms with E-state index in [1.807, 2.05) is 84.9 Å². The molecule has 3 aromatic carbocycles. The average molecular weight is 359 g/mol. The molecule has 1 aliphatic rings. The zero-order valence-electron chi connectivity index (χ0n) is 14.3. The van der Waals surface area contributed by atoms with Gasteiger partial charge in [-0.3, -0.25) is 9.69 Å². The highest BCUT2D eigenvalue weighted by Gasteiger charge is 2.30. The molecule has 0 aliphatic carbocycles. The minimum atomic E-state index is -0.00165. The number of benzene rings is 3. The second kappa shape index (κ2) is 7.02. The van der Waals surface area contributed by atoms with E-state index in [-0.39, 0.29) is 5.91 Å². The molecule has 0 saturated heterocycles. The summed E-state index contributed by atoms with van der Waals surface area (Å²) in [5.74, 6) is 0.792. The Morgan fingerprint density at radius 1 is 0.769 bits per heavy atom. The predicted octanol–water partition coefficient (Wildman–Crippen LogP) is 4.17. The van der Waals surface area contributed by atoms with Crippen LogP contribution in [0.15, 0.2) is 84.9 Å². The number of ether oxygens (including phenoxy) is 1. The highest BCUT2D eigenvalue weighted by atomic mass is 32.1. The van der Waals surface area contributed by atoms with Gasteiger partial charge in [0.15, 0.2) is 0 Å². The summed E-state index contributed by atoms with van der Waals surface area (Å²) in [6.45, 7) is 0. The number of anilines is 1. The molecule has 0 aromatic heterocycles. The molecule has 0 saturated carbocycles. The molecule has 0 radical (unpaired) electrons. The van der Waals surface area contributed by atoms with Crippen molar-refractivity contribution in [1.29, 1.82) is 0 Å². The topological polar surface area (TPSA) is 29.5 Å². The quantitative estimate of drug-likeness (QED) is 0.654. The number of carbonyl (C=O) groups excluding carboxylic acids is 1. The van der Waals surface area contributed by atoms with Crippen LogP contribution >= 0.6 is 10.9 Å². The summed E-state index contributed by atoms with van der Waals surface area (Å²) in [6.07, 6.45) is 0. The zero-order chi connectivity index (χ0) is 17.9. The Labute approximate surface area is 156 Å². The van der Waals surface area contributed by atoms with Crippen molar-refractivity contribution in [1.82, 2.24) is 0 Å². The molecular formula is C22H17NO2S. The normalized spacial score (nSPS) is 13.7. The SMILES string of the molecule is COc1ccc(C2=S=C(c3ccccc3)C(=O)N2c2ccccc2)cc1. The van der Waals surface area contributed by atoms with Gasteiger partial charge in [0.1, 0.15) is 15.6 Å². The minimum absolute atomic E-state index is 0.00165. The summed E-state index contributed by atoms with van der Waals surface area (Å²) in [6, 6.07) is 27.3. The minimum Gasteiger partial charge on any atom is -0.497 e. The third kappa shape index (κ3) is 2.95. The van der Waals surface area contributed by atoms with Crippen molar-refractivity contribution in [3.63, 3.8) is 0 Å². The molecule has 4 rings (SSSR count). The molecule has 0 fully saturated rings. The van der Waals surface area contributed by atoms with Gasteiger partial charge in [-0.2, -0.15) is 0 Å². The summed E-state index contributed by atoms with van der Waals surface area (Å²) in [5.41, 5.74) is 2.78. The average Bonchev–Trinajstić information content (AvgIpc) is 3.06. The van der Waals surface area contributed by atoms with Gasteiger partial charge in [0.25, 0.3) is 5.91 Å². The summed E-state index contributed by atoms with van der Waals surface area (Å²) in [7, 11) is 3.16. The molecule has 0 atom stereocenters. The molecule has 1 heterocycles. The molecule has 0 unspecified atom stereocenters. The maximum Gasteiger partial charge on any atom is 0.274 e. The molecule has 3 nitrogen and oxygen atoms in total. The van der Waals surface area contributed by atoms with Crippen LogP contribution in [0.2, 0.25) is 0 Å². The monoisotopic (exact) mass is 359 g/mol. The Morgan fingerprint density at radius 3 is 2.00 bits per heavy atom. The Morgan fingerprint density at radius 2 is 1.38 bits per heavy atom. The lowest BCUT2D eigenvalue weighted by atomic mass is 10.1. The number of nitrogens with zero attached hydrogens (tertiary/aromatic N) is 1. The van der Waals surface area contributed by atoms with Crippen LogP contribution in [0.5, 0.6) is 5.75 Å². The van der Waals surface area contributed by atoms with Gasteiger partial charge in [0.05, 0.1) is 12.8 Å². The molecule has 0 spiro atoms. The lowest BCUT2D eigenvalue weighted by Gasteiger charge is -2.21. The number of carbonyl (C=O) groups is 1. The van der Waals surface area contributed by atoms with Crippen molar-refractivity contribution < 1.29 is 9.53 Å². The first-order chi connectivity index (χ1) is 12.8. The maximum atomic E-state index is 13.2. The van der Waals surface area contributed by atoms with Crippen LogP contribution in [0, 0.1) is 0 Å². The molecule has 4 heteroatoms. The van der Waals surface area contributed by atoms with Gasteiger partial charge in [-0.25, -0.2) is 0 Å². The fraction of sp³-hybridized carbons (Fsp3) is 0.0455. The Kier molecular flexibility index (Phi) is 4.42. The largest absolute Gasteiger partial charge is 0.497 e. The number of hydrogen-bond donors (Lipinski definition) is 0. The number of rotatable bonds is 4. The summed E-state index contributed by atoms with van der Waals surface area (Å²) >= 11 is 0. The molecule has 0 N–H and O–H groups in total. The van der Waals surface area contributed by atoms with Crippen molar-refractivity contribution in [2.45, 2.75) is 0 Å². The third-order valence-electron chi connectivity index (χ3n) is 4.19. The Hall–Kier alpha value is -3.11. The van der Waals surface area contributed by atoms with Gasteiger partial charge < -0.3 is 4.74 Å². The van der Waals surface area contributed by atoms with E-state index < -0.39 is 0 Å². The number of para-hydroxylation sites is 1. The fourth-order valence-electron chi connectivity index (χ4n) is 2.88. The molecule has 26 heavy (non-hydrogen) atoms.